The summed E-state index contributed by atoms with van der Waals surface area (Å²) >= 11 is 0. The van der Waals surface area contributed by atoms with Crippen molar-refractivity contribution in [3.63, 3.8) is 0 Å². The quantitative estimate of drug-likeness (QED) is 0.867. The van der Waals surface area contributed by atoms with Crippen molar-refractivity contribution < 1.29 is 9.53 Å². The number of rotatable bonds is 6. The summed E-state index contributed by atoms with van der Waals surface area (Å²) in [5.41, 5.74) is 0.679. The second-order valence-corrected chi connectivity index (χ2v) is 5.14. The third-order valence-electron chi connectivity index (χ3n) is 3.55. The molecule has 1 aromatic rings. The van der Waals surface area contributed by atoms with E-state index in [1.165, 1.54) is 0 Å². The average molecular weight is 276 g/mol. The minimum atomic E-state index is 0.0807. The van der Waals surface area contributed by atoms with E-state index < -0.39 is 0 Å². The number of hydrogen-bond donors (Lipinski definition) is 1. The SMILES string of the molecule is CCCOc1ccccc1C(=O)N1CC[C@@H](NCC)C1. The molecule has 4 nitrogen and oxygen atoms in total. The molecule has 4 heteroatoms. The first kappa shape index (κ1) is 14.9. The summed E-state index contributed by atoms with van der Waals surface area (Å²) in [5.74, 6) is 0.781. The van der Waals surface area contributed by atoms with Gasteiger partial charge in [-0.3, -0.25) is 4.79 Å². The number of benzene rings is 1. The number of likely N-dealkylation sites (tertiary alicyclic amines) is 1. The van der Waals surface area contributed by atoms with Crippen molar-refractivity contribution in [2.24, 2.45) is 0 Å². The predicted octanol–water partition coefficient (Wildman–Crippen LogP) is 2.30. The topological polar surface area (TPSA) is 41.6 Å². The molecule has 1 heterocycles. The molecule has 1 aromatic carbocycles. The highest BCUT2D eigenvalue weighted by molar-refractivity contribution is 5.97. The number of carbonyl (C=O) groups excluding carboxylic acids is 1. The predicted molar refractivity (Wildman–Crippen MR) is 80.2 cm³/mol. The maximum absolute atomic E-state index is 12.6. The summed E-state index contributed by atoms with van der Waals surface area (Å²) in [6.45, 7) is 7.35. The molecule has 0 radical (unpaired) electrons. The van der Waals surface area contributed by atoms with Crippen LogP contribution >= 0.6 is 0 Å². The molecule has 1 saturated heterocycles. The van der Waals surface area contributed by atoms with Crippen molar-refractivity contribution in [2.75, 3.05) is 26.2 Å². The molecule has 1 amide bonds. The molecule has 1 atom stereocenters. The van der Waals surface area contributed by atoms with Crippen molar-refractivity contribution in [1.82, 2.24) is 10.2 Å². The van der Waals surface area contributed by atoms with E-state index in [-0.39, 0.29) is 5.91 Å². The lowest BCUT2D eigenvalue weighted by molar-refractivity contribution is 0.0785. The number of likely N-dealkylation sites (N-methyl/N-ethyl adjacent to an activating group) is 1. The van der Waals surface area contributed by atoms with Crippen molar-refractivity contribution in [1.29, 1.82) is 0 Å². The summed E-state index contributed by atoms with van der Waals surface area (Å²) < 4.78 is 5.68. The lowest BCUT2D eigenvalue weighted by atomic mass is 10.1. The smallest absolute Gasteiger partial charge is 0.257 e. The minimum Gasteiger partial charge on any atom is -0.493 e. The zero-order chi connectivity index (χ0) is 14.4. The van der Waals surface area contributed by atoms with Crippen molar-refractivity contribution in [3.05, 3.63) is 29.8 Å². The van der Waals surface area contributed by atoms with Gasteiger partial charge in [0.1, 0.15) is 5.75 Å². The van der Waals surface area contributed by atoms with Crippen LogP contribution in [0.25, 0.3) is 0 Å². The first-order valence-electron chi connectivity index (χ1n) is 7.50. The van der Waals surface area contributed by atoms with Crippen molar-refractivity contribution >= 4 is 5.91 Å². The highest BCUT2D eigenvalue weighted by Crippen LogP contribution is 2.22. The van der Waals surface area contributed by atoms with E-state index in [1.807, 2.05) is 29.2 Å². The molecule has 0 unspecified atom stereocenters. The monoisotopic (exact) mass is 276 g/mol. The number of nitrogens with zero attached hydrogens (tertiary/aromatic N) is 1. The highest BCUT2D eigenvalue weighted by Gasteiger charge is 2.27. The number of hydrogen-bond acceptors (Lipinski definition) is 3. The van der Waals surface area contributed by atoms with E-state index in [9.17, 15) is 4.79 Å². The second kappa shape index (κ2) is 7.29. The first-order chi connectivity index (χ1) is 9.76. The summed E-state index contributed by atoms with van der Waals surface area (Å²) in [6.07, 6.45) is 1.96. The normalized spacial score (nSPS) is 18.3. The van der Waals surface area contributed by atoms with Crippen LogP contribution in [-0.2, 0) is 0 Å². The van der Waals surface area contributed by atoms with Gasteiger partial charge in [0.25, 0.3) is 5.91 Å². The minimum absolute atomic E-state index is 0.0807. The number of carbonyl (C=O) groups is 1. The molecule has 20 heavy (non-hydrogen) atoms. The van der Waals surface area contributed by atoms with Gasteiger partial charge in [-0.15, -0.1) is 0 Å². The van der Waals surface area contributed by atoms with Gasteiger partial charge in [0, 0.05) is 19.1 Å². The molecule has 0 aliphatic carbocycles. The third-order valence-corrected chi connectivity index (χ3v) is 3.55. The van der Waals surface area contributed by atoms with Gasteiger partial charge in [0.15, 0.2) is 0 Å². The summed E-state index contributed by atoms with van der Waals surface area (Å²) in [4.78, 5) is 14.5. The van der Waals surface area contributed by atoms with Crippen LogP contribution in [0.5, 0.6) is 5.75 Å². The summed E-state index contributed by atoms with van der Waals surface area (Å²) in [5, 5.41) is 3.40. The Morgan fingerprint density at radius 1 is 1.40 bits per heavy atom. The van der Waals surface area contributed by atoms with Crippen LogP contribution in [0.2, 0.25) is 0 Å². The Morgan fingerprint density at radius 2 is 2.20 bits per heavy atom. The van der Waals surface area contributed by atoms with Gasteiger partial charge < -0.3 is 15.0 Å². The zero-order valence-corrected chi connectivity index (χ0v) is 12.4. The van der Waals surface area contributed by atoms with Crippen LogP contribution in [0, 0.1) is 0 Å². The lowest BCUT2D eigenvalue weighted by Crippen LogP contribution is -2.35. The van der Waals surface area contributed by atoms with Crippen LogP contribution < -0.4 is 10.1 Å². The zero-order valence-electron chi connectivity index (χ0n) is 12.4. The molecule has 0 saturated carbocycles. The Morgan fingerprint density at radius 3 is 2.95 bits per heavy atom. The molecule has 1 N–H and O–H groups in total. The number of nitrogens with one attached hydrogen (secondary N) is 1. The van der Waals surface area contributed by atoms with E-state index in [0.29, 0.717) is 24.0 Å². The van der Waals surface area contributed by atoms with E-state index in [2.05, 4.69) is 19.2 Å². The first-order valence-corrected chi connectivity index (χ1v) is 7.50. The fraction of sp³-hybridized carbons (Fsp3) is 0.562. The van der Waals surface area contributed by atoms with Gasteiger partial charge in [0.05, 0.1) is 12.2 Å². The van der Waals surface area contributed by atoms with E-state index >= 15 is 0 Å². The second-order valence-electron chi connectivity index (χ2n) is 5.14. The summed E-state index contributed by atoms with van der Waals surface area (Å²) in [7, 11) is 0. The summed E-state index contributed by atoms with van der Waals surface area (Å²) in [6, 6.07) is 7.96. The molecule has 0 bridgehead atoms. The maximum atomic E-state index is 12.6. The van der Waals surface area contributed by atoms with E-state index in [0.717, 1.165) is 32.5 Å². The van der Waals surface area contributed by atoms with Crippen molar-refractivity contribution in [2.45, 2.75) is 32.7 Å². The van der Waals surface area contributed by atoms with Crippen molar-refractivity contribution in [3.8, 4) is 5.75 Å². The average Bonchev–Trinajstić information content (AvgIpc) is 2.94. The fourth-order valence-corrected chi connectivity index (χ4v) is 2.55. The van der Waals surface area contributed by atoms with Crippen LogP contribution in [-0.4, -0.2) is 43.1 Å². The van der Waals surface area contributed by atoms with Crippen LogP contribution in [0.3, 0.4) is 0 Å². The fourth-order valence-electron chi connectivity index (χ4n) is 2.55. The molecule has 0 aromatic heterocycles. The molecular weight excluding hydrogens is 252 g/mol. The van der Waals surface area contributed by atoms with Crippen LogP contribution in [0.15, 0.2) is 24.3 Å². The number of amides is 1. The molecule has 1 fully saturated rings. The highest BCUT2D eigenvalue weighted by atomic mass is 16.5. The Hall–Kier alpha value is -1.55. The lowest BCUT2D eigenvalue weighted by Gasteiger charge is -2.19. The van der Waals surface area contributed by atoms with Gasteiger partial charge in [0.2, 0.25) is 0 Å². The Bertz CT molecular complexity index is 448. The molecule has 2 rings (SSSR count). The molecule has 1 aliphatic rings. The molecular formula is C16H24N2O2. The van der Waals surface area contributed by atoms with Gasteiger partial charge in [-0.1, -0.05) is 26.0 Å². The molecule has 110 valence electrons. The van der Waals surface area contributed by atoms with Gasteiger partial charge >= 0.3 is 0 Å². The standard InChI is InChI=1S/C16H24N2O2/c1-3-11-20-15-8-6-5-7-14(15)16(19)18-10-9-13(12-18)17-4-2/h5-8,13,17H,3-4,9-12H2,1-2H3/t13-/m1/s1. The van der Waals surface area contributed by atoms with Crippen LogP contribution in [0.4, 0.5) is 0 Å². The largest absolute Gasteiger partial charge is 0.493 e. The third kappa shape index (κ3) is 3.51. The maximum Gasteiger partial charge on any atom is 0.257 e. The van der Waals surface area contributed by atoms with Crippen LogP contribution in [0.1, 0.15) is 37.0 Å². The molecule has 1 aliphatic heterocycles. The van der Waals surface area contributed by atoms with E-state index in [4.69, 9.17) is 4.74 Å². The number of ether oxygens (including phenoxy) is 1. The van der Waals surface area contributed by atoms with Gasteiger partial charge in [-0.2, -0.15) is 0 Å². The van der Waals surface area contributed by atoms with Gasteiger partial charge in [-0.25, -0.2) is 0 Å². The van der Waals surface area contributed by atoms with Gasteiger partial charge in [-0.05, 0) is 31.5 Å². The molecule has 0 spiro atoms. The number of para-hydroxylation sites is 1. The Kier molecular flexibility index (Phi) is 5.41. The van der Waals surface area contributed by atoms with E-state index in [1.54, 1.807) is 0 Å². The Balaban J connectivity index is 2.05. The Labute approximate surface area is 121 Å².